The van der Waals surface area contributed by atoms with Gasteiger partial charge in [-0.25, -0.2) is 15.0 Å². The molecule has 0 spiro atoms. The van der Waals surface area contributed by atoms with Crippen molar-refractivity contribution in [3.63, 3.8) is 0 Å². The Kier molecular flexibility index (Phi) is 9.85. The van der Waals surface area contributed by atoms with Crippen molar-refractivity contribution in [1.29, 1.82) is 0 Å². The van der Waals surface area contributed by atoms with Crippen LogP contribution in [0.3, 0.4) is 0 Å². The van der Waals surface area contributed by atoms with Crippen LogP contribution in [0, 0.1) is 0 Å². The van der Waals surface area contributed by atoms with Gasteiger partial charge in [0.15, 0.2) is 17.5 Å². The molecule has 0 aliphatic rings. The molecular formula is C69H43N3. The van der Waals surface area contributed by atoms with Crippen LogP contribution >= 0.6 is 0 Å². The minimum atomic E-state index is 0.615. The highest BCUT2D eigenvalue weighted by atomic mass is 15.0. The van der Waals surface area contributed by atoms with Crippen molar-refractivity contribution in [1.82, 2.24) is 15.0 Å². The minimum absolute atomic E-state index is 0.615. The fraction of sp³-hybridized carbons (Fsp3) is 0. The number of fused-ring (bicyclic) bond motifs is 8. The van der Waals surface area contributed by atoms with Crippen molar-refractivity contribution >= 4 is 64.6 Å². The van der Waals surface area contributed by atoms with Crippen molar-refractivity contribution in [3.05, 3.63) is 261 Å². The molecule has 3 heteroatoms. The molecule has 13 aromatic carbocycles. The van der Waals surface area contributed by atoms with E-state index in [4.69, 9.17) is 15.0 Å². The van der Waals surface area contributed by atoms with Gasteiger partial charge >= 0.3 is 0 Å². The second-order valence-electron chi connectivity index (χ2n) is 18.7. The van der Waals surface area contributed by atoms with Crippen molar-refractivity contribution in [2.75, 3.05) is 0 Å². The van der Waals surface area contributed by atoms with E-state index < -0.39 is 0 Å². The Bertz CT molecular complexity index is 4450. The Morgan fingerprint density at radius 2 is 0.625 bits per heavy atom. The maximum atomic E-state index is 5.28. The van der Waals surface area contributed by atoms with Gasteiger partial charge in [0.1, 0.15) is 0 Å². The normalized spacial score (nSPS) is 11.6. The first-order valence-corrected chi connectivity index (χ1v) is 24.6. The molecule has 0 fully saturated rings. The van der Waals surface area contributed by atoms with E-state index in [2.05, 4.69) is 261 Å². The first-order valence-electron chi connectivity index (χ1n) is 24.6. The molecule has 0 aliphatic carbocycles. The zero-order valence-electron chi connectivity index (χ0n) is 39.2. The van der Waals surface area contributed by atoms with Gasteiger partial charge in [-0.3, -0.25) is 0 Å². The van der Waals surface area contributed by atoms with Gasteiger partial charge in [0.05, 0.1) is 0 Å². The molecule has 0 aliphatic heterocycles. The summed E-state index contributed by atoms with van der Waals surface area (Å²) in [5, 5.41) is 14.6. The lowest BCUT2D eigenvalue weighted by molar-refractivity contribution is 1.08. The van der Waals surface area contributed by atoms with E-state index in [9.17, 15) is 0 Å². The number of benzene rings is 13. The maximum Gasteiger partial charge on any atom is 0.164 e. The van der Waals surface area contributed by atoms with Gasteiger partial charge < -0.3 is 0 Å². The number of nitrogens with zero attached hydrogens (tertiary/aromatic N) is 3. The van der Waals surface area contributed by atoms with Gasteiger partial charge in [-0.05, 0) is 127 Å². The van der Waals surface area contributed by atoms with Crippen molar-refractivity contribution in [3.8, 4) is 78.7 Å². The van der Waals surface area contributed by atoms with Crippen LogP contribution in [-0.4, -0.2) is 15.0 Å². The standard InChI is InChI=1S/C69H43N3/c1-2-17-50-41-53(34-29-44(50)13-1)59-37-36-52(43-66(59)61-27-12-26-60-63-38-35-47-16-5-7-23-57(47)62(63)39-40-64(60)61)51-20-9-21-54(42-51)68-70-67(71-69(72-68)65-28-11-19-46-15-4-8-24-58(46)65)49-32-30-48(31-33-49)56-25-10-18-45-14-3-6-22-55(45)56/h1-43H. The molecule has 0 atom stereocenters. The van der Waals surface area contributed by atoms with Crippen LogP contribution in [0.15, 0.2) is 261 Å². The largest absolute Gasteiger partial charge is 0.208 e. The summed E-state index contributed by atoms with van der Waals surface area (Å²) < 4.78 is 0. The summed E-state index contributed by atoms with van der Waals surface area (Å²) in [6.07, 6.45) is 0. The molecule has 3 nitrogen and oxygen atoms in total. The Morgan fingerprint density at radius 1 is 0.167 bits per heavy atom. The Morgan fingerprint density at radius 3 is 1.42 bits per heavy atom. The van der Waals surface area contributed by atoms with Gasteiger partial charge in [0.2, 0.25) is 0 Å². The topological polar surface area (TPSA) is 38.7 Å². The van der Waals surface area contributed by atoms with Crippen LogP contribution in [-0.2, 0) is 0 Å². The second kappa shape index (κ2) is 17.1. The lowest BCUT2D eigenvalue weighted by Gasteiger charge is -2.17. The average molecular weight is 914 g/mol. The Hall–Kier alpha value is -9.57. The van der Waals surface area contributed by atoms with Crippen LogP contribution in [0.2, 0.25) is 0 Å². The molecule has 0 N–H and O–H groups in total. The smallest absolute Gasteiger partial charge is 0.164 e. The number of hydrogen-bond donors (Lipinski definition) is 0. The summed E-state index contributed by atoms with van der Waals surface area (Å²) in [6, 6.07) is 94.0. The quantitative estimate of drug-likeness (QED) is 0.150. The molecule has 1 aromatic heterocycles. The van der Waals surface area contributed by atoms with Crippen LogP contribution in [0.5, 0.6) is 0 Å². The molecule has 0 unspecified atom stereocenters. The van der Waals surface area contributed by atoms with Crippen molar-refractivity contribution < 1.29 is 0 Å². The minimum Gasteiger partial charge on any atom is -0.208 e. The van der Waals surface area contributed by atoms with Gasteiger partial charge in [-0.1, -0.05) is 243 Å². The van der Waals surface area contributed by atoms with E-state index in [1.54, 1.807) is 0 Å². The fourth-order valence-electron chi connectivity index (χ4n) is 10.9. The van der Waals surface area contributed by atoms with E-state index in [0.29, 0.717) is 17.5 Å². The SMILES string of the molecule is c1cc(-c2ccc(-c3ccc4ccccc4c3)c(-c3cccc4c3ccc3c5ccccc5ccc43)c2)cc(-c2nc(-c3ccc(-c4cccc5ccccc45)cc3)nc(-c3cccc4ccccc34)n2)c1. The Labute approximate surface area is 417 Å². The number of aromatic nitrogens is 3. The average Bonchev–Trinajstić information content (AvgIpc) is 3.46. The lowest BCUT2D eigenvalue weighted by Crippen LogP contribution is -2.00. The molecule has 72 heavy (non-hydrogen) atoms. The zero-order chi connectivity index (χ0) is 47.5. The van der Waals surface area contributed by atoms with Crippen LogP contribution in [0.25, 0.3) is 143 Å². The molecular weight excluding hydrogens is 871 g/mol. The highest BCUT2D eigenvalue weighted by Crippen LogP contribution is 2.43. The summed E-state index contributed by atoms with van der Waals surface area (Å²) in [5.41, 5.74) is 12.0. The third-order valence-corrected chi connectivity index (χ3v) is 14.5. The molecule has 0 bridgehead atoms. The van der Waals surface area contributed by atoms with E-state index in [0.717, 1.165) is 44.2 Å². The van der Waals surface area contributed by atoms with Crippen LogP contribution in [0.4, 0.5) is 0 Å². The van der Waals surface area contributed by atoms with Crippen LogP contribution in [0.1, 0.15) is 0 Å². The van der Waals surface area contributed by atoms with E-state index in [1.807, 2.05) is 0 Å². The maximum absolute atomic E-state index is 5.28. The third kappa shape index (κ3) is 7.18. The predicted octanol–water partition coefficient (Wildman–Crippen LogP) is 18.5. The first-order chi connectivity index (χ1) is 35.7. The summed E-state index contributed by atoms with van der Waals surface area (Å²) in [4.78, 5) is 15.8. The molecule has 1 heterocycles. The predicted molar refractivity (Wildman–Crippen MR) is 303 cm³/mol. The highest BCUT2D eigenvalue weighted by Gasteiger charge is 2.18. The number of hydrogen-bond acceptors (Lipinski definition) is 3. The fourth-order valence-corrected chi connectivity index (χ4v) is 10.9. The first kappa shape index (κ1) is 41.4. The van der Waals surface area contributed by atoms with Gasteiger partial charge in [-0.2, -0.15) is 0 Å². The van der Waals surface area contributed by atoms with Gasteiger partial charge in [0.25, 0.3) is 0 Å². The summed E-state index contributed by atoms with van der Waals surface area (Å²) in [5.74, 6) is 1.87. The van der Waals surface area contributed by atoms with Crippen LogP contribution < -0.4 is 0 Å². The monoisotopic (exact) mass is 913 g/mol. The van der Waals surface area contributed by atoms with Crippen molar-refractivity contribution in [2.45, 2.75) is 0 Å². The van der Waals surface area contributed by atoms with E-state index >= 15 is 0 Å². The Balaban J connectivity index is 0.921. The van der Waals surface area contributed by atoms with Gasteiger partial charge in [0, 0.05) is 16.7 Å². The molecule has 14 aromatic rings. The second-order valence-corrected chi connectivity index (χ2v) is 18.7. The molecule has 334 valence electrons. The van der Waals surface area contributed by atoms with E-state index in [1.165, 1.54) is 81.7 Å². The van der Waals surface area contributed by atoms with Gasteiger partial charge in [-0.15, -0.1) is 0 Å². The third-order valence-electron chi connectivity index (χ3n) is 14.5. The van der Waals surface area contributed by atoms with E-state index in [-0.39, 0.29) is 0 Å². The zero-order valence-corrected chi connectivity index (χ0v) is 39.2. The summed E-state index contributed by atoms with van der Waals surface area (Å²) in [6.45, 7) is 0. The summed E-state index contributed by atoms with van der Waals surface area (Å²) in [7, 11) is 0. The van der Waals surface area contributed by atoms with Crippen molar-refractivity contribution in [2.24, 2.45) is 0 Å². The highest BCUT2D eigenvalue weighted by molar-refractivity contribution is 6.20. The summed E-state index contributed by atoms with van der Waals surface area (Å²) >= 11 is 0. The molecule has 0 radical (unpaired) electrons. The number of rotatable bonds is 7. The lowest BCUT2D eigenvalue weighted by atomic mass is 9.87. The molecule has 0 saturated heterocycles. The molecule has 14 rings (SSSR count). The molecule has 0 saturated carbocycles. The molecule has 0 amide bonds.